The highest BCUT2D eigenvalue weighted by Crippen LogP contribution is 2.71. The summed E-state index contributed by atoms with van der Waals surface area (Å²) in [7, 11) is -2.76. The maximum Gasteiger partial charge on any atom is 0.152 e. The molecule has 0 aliphatic heterocycles. The normalized spacial score (nSPS) is 21.2. The molecular weight excluding hydrogens is 323 g/mol. The van der Waals surface area contributed by atoms with Crippen LogP contribution in [0, 0.1) is 0 Å². The molecule has 1 fully saturated rings. The molecule has 0 N–H and O–H groups in total. The molecule has 0 radical (unpaired) electrons. The fraction of sp³-hybridized carbons (Fsp3) is 0.130. The Balaban J connectivity index is 1.84. The largest absolute Gasteiger partial charge is 0.313 e. The van der Waals surface area contributed by atoms with Crippen LogP contribution in [-0.2, 0) is 4.57 Å². The van der Waals surface area contributed by atoms with Gasteiger partial charge in [-0.25, -0.2) is 0 Å². The first kappa shape index (κ1) is 16.1. The van der Waals surface area contributed by atoms with Crippen molar-refractivity contribution >= 4 is 23.8 Å². The van der Waals surface area contributed by atoms with E-state index in [-0.39, 0.29) is 5.16 Å². The lowest BCUT2D eigenvalue weighted by molar-refractivity contribution is 0.579. The van der Waals surface area contributed by atoms with Gasteiger partial charge >= 0.3 is 0 Å². The standard InChI is InChI=1S/C23H21OP/c1-23(18-20(23)17-19-11-5-2-6-12-19)25(24,21-13-7-3-8-14-21)22-15-9-4-10-16-22/h2-17H,18H2,1H3/b20-17+/t23-/m0/s1. The number of rotatable bonds is 4. The minimum atomic E-state index is -2.76. The number of allylic oxidation sites excluding steroid dienone is 1. The van der Waals surface area contributed by atoms with E-state index in [0.717, 1.165) is 17.0 Å². The summed E-state index contributed by atoms with van der Waals surface area (Å²) in [5, 5.41) is 1.59. The van der Waals surface area contributed by atoms with Crippen molar-refractivity contribution in [2.45, 2.75) is 18.5 Å². The average molecular weight is 344 g/mol. The Bertz CT molecular complexity index is 902. The molecule has 3 aromatic rings. The lowest BCUT2D eigenvalue weighted by Crippen LogP contribution is -2.25. The zero-order valence-corrected chi connectivity index (χ0v) is 15.2. The first-order valence-electron chi connectivity index (χ1n) is 8.62. The third-order valence-electron chi connectivity index (χ3n) is 5.18. The Morgan fingerprint density at radius 2 is 1.20 bits per heavy atom. The van der Waals surface area contributed by atoms with E-state index in [9.17, 15) is 4.57 Å². The molecule has 3 aromatic carbocycles. The van der Waals surface area contributed by atoms with Gasteiger partial charge < -0.3 is 4.57 Å². The van der Waals surface area contributed by atoms with Gasteiger partial charge in [0, 0.05) is 10.6 Å². The van der Waals surface area contributed by atoms with Crippen molar-refractivity contribution < 1.29 is 4.57 Å². The van der Waals surface area contributed by atoms with Crippen molar-refractivity contribution in [3.63, 3.8) is 0 Å². The van der Waals surface area contributed by atoms with Gasteiger partial charge in [-0.3, -0.25) is 0 Å². The van der Waals surface area contributed by atoms with Gasteiger partial charge in [0.2, 0.25) is 0 Å². The van der Waals surface area contributed by atoms with E-state index in [4.69, 9.17) is 0 Å². The smallest absolute Gasteiger partial charge is 0.152 e. The topological polar surface area (TPSA) is 17.1 Å². The summed E-state index contributed by atoms with van der Waals surface area (Å²) in [5.41, 5.74) is 2.45. The van der Waals surface area contributed by atoms with E-state index >= 15 is 0 Å². The second kappa shape index (κ2) is 6.17. The van der Waals surface area contributed by atoms with Crippen molar-refractivity contribution in [2.75, 3.05) is 0 Å². The first-order valence-corrected chi connectivity index (χ1v) is 10.3. The summed E-state index contributed by atoms with van der Waals surface area (Å²) in [5.74, 6) is 0. The van der Waals surface area contributed by atoms with Gasteiger partial charge in [0.25, 0.3) is 0 Å². The second-order valence-corrected chi connectivity index (χ2v) is 10.0. The third-order valence-corrected chi connectivity index (χ3v) is 9.06. The van der Waals surface area contributed by atoms with E-state index in [2.05, 4.69) is 25.1 Å². The molecule has 1 atom stereocenters. The Labute approximate surface area is 149 Å². The van der Waals surface area contributed by atoms with Gasteiger partial charge in [-0.05, 0) is 18.9 Å². The van der Waals surface area contributed by atoms with Crippen LogP contribution >= 0.6 is 7.14 Å². The van der Waals surface area contributed by atoms with Crippen molar-refractivity contribution in [3.05, 3.63) is 102 Å². The van der Waals surface area contributed by atoms with E-state index in [1.165, 1.54) is 11.1 Å². The molecule has 1 aliphatic carbocycles. The van der Waals surface area contributed by atoms with E-state index in [0.29, 0.717) is 0 Å². The number of hydrogen-bond acceptors (Lipinski definition) is 1. The van der Waals surface area contributed by atoms with E-state index < -0.39 is 7.14 Å². The Morgan fingerprint density at radius 1 is 0.760 bits per heavy atom. The molecule has 0 amide bonds. The van der Waals surface area contributed by atoms with Crippen molar-refractivity contribution in [1.29, 1.82) is 0 Å². The zero-order valence-electron chi connectivity index (χ0n) is 14.3. The summed E-state index contributed by atoms with van der Waals surface area (Å²) in [4.78, 5) is 0. The van der Waals surface area contributed by atoms with Crippen LogP contribution in [0.3, 0.4) is 0 Å². The molecule has 0 saturated heterocycles. The average Bonchev–Trinajstić information content (AvgIpc) is 3.34. The highest BCUT2D eigenvalue weighted by Gasteiger charge is 2.58. The van der Waals surface area contributed by atoms with Gasteiger partial charge in [-0.1, -0.05) is 103 Å². The lowest BCUT2D eigenvalue weighted by Gasteiger charge is -2.25. The summed E-state index contributed by atoms with van der Waals surface area (Å²) in [6.07, 6.45) is 3.08. The fourth-order valence-corrected chi connectivity index (χ4v) is 7.08. The molecule has 4 rings (SSSR count). The molecule has 0 unspecified atom stereocenters. The Hall–Kier alpha value is -2.37. The minimum absolute atomic E-state index is 0.300. The van der Waals surface area contributed by atoms with E-state index in [1.807, 2.05) is 78.9 Å². The molecule has 2 heteroatoms. The monoisotopic (exact) mass is 344 g/mol. The SMILES string of the molecule is C[C@]1(P(=O)(c2ccccc2)c2ccccc2)C/C1=C\c1ccccc1. The van der Waals surface area contributed by atoms with Crippen LogP contribution in [0.2, 0.25) is 0 Å². The number of benzene rings is 3. The second-order valence-electron chi connectivity index (χ2n) is 6.81. The predicted octanol–water partition coefficient (Wildman–Crippen LogP) is 5.25. The molecule has 0 spiro atoms. The molecule has 0 heterocycles. The lowest BCUT2D eigenvalue weighted by atomic mass is 10.2. The van der Waals surface area contributed by atoms with Crippen LogP contribution in [0.25, 0.3) is 6.08 Å². The Morgan fingerprint density at radius 3 is 1.68 bits per heavy atom. The van der Waals surface area contributed by atoms with Gasteiger partial charge in [0.15, 0.2) is 7.14 Å². The zero-order chi connectivity index (χ0) is 17.3. The summed E-state index contributed by atoms with van der Waals surface area (Å²) >= 11 is 0. The summed E-state index contributed by atoms with van der Waals surface area (Å²) < 4.78 is 14.5. The molecule has 124 valence electrons. The maximum atomic E-state index is 14.5. The van der Waals surface area contributed by atoms with Crippen LogP contribution in [0.4, 0.5) is 0 Å². The molecular formula is C23H21OP. The van der Waals surface area contributed by atoms with Gasteiger partial charge in [0.05, 0.1) is 5.16 Å². The summed E-state index contributed by atoms with van der Waals surface area (Å²) in [6.45, 7) is 2.16. The van der Waals surface area contributed by atoms with Crippen LogP contribution in [0.5, 0.6) is 0 Å². The Kier molecular flexibility index (Phi) is 3.98. The maximum absolute atomic E-state index is 14.5. The van der Waals surface area contributed by atoms with Gasteiger partial charge in [-0.2, -0.15) is 0 Å². The van der Waals surface area contributed by atoms with Crippen molar-refractivity contribution in [3.8, 4) is 0 Å². The number of hydrogen-bond donors (Lipinski definition) is 0. The highest BCUT2D eigenvalue weighted by atomic mass is 31.2. The summed E-state index contributed by atoms with van der Waals surface area (Å²) in [6, 6.07) is 30.2. The van der Waals surface area contributed by atoms with Crippen LogP contribution in [0.15, 0.2) is 96.6 Å². The van der Waals surface area contributed by atoms with Gasteiger partial charge in [0.1, 0.15) is 0 Å². The highest BCUT2D eigenvalue weighted by molar-refractivity contribution is 7.80. The molecule has 0 aromatic heterocycles. The van der Waals surface area contributed by atoms with E-state index in [1.54, 1.807) is 0 Å². The van der Waals surface area contributed by atoms with Crippen molar-refractivity contribution in [1.82, 2.24) is 0 Å². The first-order chi connectivity index (χ1) is 12.1. The molecule has 1 saturated carbocycles. The van der Waals surface area contributed by atoms with Crippen LogP contribution in [-0.4, -0.2) is 5.16 Å². The van der Waals surface area contributed by atoms with Crippen LogP contribution in [0.1, 0.15) is 18.9 Å². The van der Waals surface area contributed by atoms with Crippen molar-refractivity contribution in [2.24, 2.45) is 0 Å². The molecule has 1 nitrogen and oxygen atoms in total. The molecule has 0 bridgehead atoms. The van der Waals surface area contributed by atoms with Crippen LogP contribution < -0.4 is 10.6 Å². The third kappa shape index (κ3) is 2.69. The minimum Gasteiger partial charge on any atom is -0.313 e. The fourth-order valence-electron chi connectivity index (χ4n) is 3.59. The molecule has 25 heavy (non-hydrogen) atoms. The van der Waals surface area contributed by atoms with Gasteiger partial charge in [-0.15, -0.1) is 0 Å². The predicted molar refractivity (Wildman–Crippen MR) is 107 cm³/mol. The molecule has 1 aliphatic rings. The quantitative estimate of drug-likeness (QED) is 0.591.